The molecule has 0 spiro atoms. The van der Waals surface area contributed by atoms with E-state index in [1.807, 2.05) is 0 Å². The average molecular weight is 480 g/mol. The number of pyridine rings is 1. The number of rotatable bonds is 4. The van der Waals surface area contributed by atoms with E-state index < -0.39 is 17.3 Å². The fourth-order valence-electron chi connectivity index (χ4n) is 4.27. The maximum absolute atomic E-state index is 13.5. The predicted molar refractivity (Wildman–Crippen MR) is 122 cm³/mol. The van der Waals surface area contributed by atoms with Gasteiger partial charge in [0.1, 0.15) is 5.56 Å². The molecule has 2 aromatic carbocycles. The van der Waals surface area contributed by atoms with Crippen molar-refractivity contribution in [2.24, 2.45) is 0 Å². The largest absolute Gasteiger partial charge is 0.420 e. The van der Waals surface area contributed by atoms with Crippen molar-refractivity contribution in [2.75, 3.05) is 13.1 Å². The number of fused-ring (bicyclic) bond motifs is 1. The van der Waals surface area contributed by atoms with E-state index in [2.05, 4.69) is 16.8 Å². The molecule has 35 heavy (non-hydrogen) atoms. The number of benzene rings is 2. The molecular weight excluding hydrogens is 461 g/mol. The van der Waals surface area contributed by atoms with E-state index in [0.717, 1.165) is 12.1 Å². The maximum atomic E-state index is 13.5. The second kappa shape index (κ2) is 8.53. The minimum atomic E-state index is -4.49. The molecule has 1 aliphatic heterocycles. The Morgan fingerprint density at radius 3 is 2.57 bits per heavy atom. The van der Waals surface area contributed by atoms with E-state index in [-0.39, 0.29) is 29.0 Å². The van der Waals surface area contributed by atoms with Crippen LogP contribution in [0.5, 0.6) is 0 Å². The van der Waals surface area contributed by atoms with Gasteiger partial charge in [-0.15, -0.1) is 10.2 Å². The Morgan fingerprint density at radius 2 is 1.86 bits per heavy atom. The lowest BCUT2D eigenvalue weighted by Crippen LogP contribution is -2.26. The summed E-state index contributed by atoms with van der Waals surface area (Å²) in [5.74, 6) is -0.0307. The number of amides is 1. The van der Waals surface area contributed by atoms with Crippen LogP contribution in [-0.2, 0) is 11.0 Å². The van der Waals surface area contributed by atoms with Crippen LogP contribution in [0, 0.1) is 0 Å². The van der Waals surface area contributed by atoms with Crippen LogP contribution in [0.1, 0.15) is 23.8 Å². The third kappa shape index (κ3) is 4.11. The fraction of sp³-hybridized carbons (Fsp3) is 0.200. The maximum Gasteiger partial charge on any atom is 0.416 e. The van der Waals surface area contributed by atoms with Crippen LogP contribution < -0.4 is 5.56 Å². The molecule has 178 valence electrons. The zero-order valence-corrected chi connectivity index (χ0v) is 18.3. The SMILES string of the molecule is C=CC(=O)N1CCC(c2nnc(-c3cc4ccccc4n(-c4ccc(C(F)(F)F)cc4)c3=O)o2)C1. The highest BCUT2D eigenvalue weighted by Gasteiger charge is 2.31. The number of carbonyl (C=O) groups is 1. The van der Waals surface area contributed by atoms with Crippen LogP contribution in [0.15, 0.2) is 76.5 Å². The van der Waals surface area contributed by atoms with Gasteiger partial charge in [-0.3, -0.25) is 14.2 Å². The van der Waals surface area contributed by atoms with Gasteiger partial charge in [0.2, 0.25) is 11.8 Å². The van der Waals surface area contributed by atoms with E-state index in [9.17, 15) is 22.8 Å². The van der Waals surface area contributed by atoms with E-state index in [1.54, 1.807) is 35.2 Å². The molecule has 1 aliphatic rings. The third-order valence-corrected chi connectivity index (χ3v) is 6.06. The minimum Gasteiger partial charge on any atom is -0.420 e. The number of hydrogen-bond acceptors (Lipinski definition) is 5. The molecule has 0 N–H and O–H groups in total. The molecule has 1 saturated heterocycles. The number of nitrogens with zero attached hydrogens (tertiary/aromatic N) is 4. The lowest BCUT2D eigenvalue weighted by Gasteiger charge is -2.13. The number of halogens is 3. The number of carbonyl (C=O) groups excluding carboxylic acids is 1. The molecular formula is C25H19F3N4O3. The highest BCUT2D eigenvalue weighted by atomic mass is 19.4. The van der Waals surface area contributed by atoms with E-state index >= 15 is 0 Å². The van der Waals surface area contributed by atoms with Gasteiger partial charge in [-0.2, -0.15) is 13.2 Å². The summed E-state index contributed by atoms with van der Waals surface area (Å²) in [5, 5.41) is 8.84. The highest BCUT2D eigenvalue weighted by molar-refractivity contribution is 5.87. The topological polar surface area (TPSA) is 81.2 Å². The summed E-state index contributed by atoms with van der Waals surface area (Å²) in [6.45, 7) is 4.43. The van der Waals surface area contributed by atoms with E-state index in [4.69, 9.17) is 4.42 Å². The van der Waals surface area contributed by atoms with Crippen molar-refractivity contribution in [3.63, 3.8) is 0 Å². The Balaban J connectivity index is 1.57. The minimum absolute atomic E-state index is 0.00455. The average Bonchev–Trinajstić information content (AvgIpc) is 3.53. The van der Waals surface area contributed by atoms with Gasteiger partial charge in [0.25, 0.3) is 11.4 Å². The number of likely N-dealkylation sites (tertiary alicyclic amines) is 1. The summed E-state index contributed by atoms with van der Waals surface area (Å²) in [6.07, 6.45) is -2.60. The van der Waals surface area contributed by atoms with Crippen LogP contribution in [-0.4, -0.2) is 38.7 Å². The Morgan fingerprint density at radius 1 is 1.11 bits per heavy atom. The van der Waals surface area contributed by atoms with Gasteiger partial charge >= 0.3 is 6.18 Å². The number of aromatic nitrogens is 3. The van der Waals surface area contributed by atoms with Crippen LogP contribution in [0.25, 0.3) is 28.0 Å². The molecule has 0 saturated carbocycles. The summed E-state index contributed by atoms with van der Waals surface area (Å²) in [7, 11) is 0. The Bertz CT molecular complexity index is 1490. The zero-order valence-electron chi connectivity index (χ0n) is 18.3. The lowest BCUT2D eigenvalue weighted by molar-refractivity contribution is -0.137. The molecule has 1 unspecified atom stereocenters. The lowest BCUT2D eigenvalue weighted by atomic mass is 10.1. The number of hydrogen-bond donors (Lipinski definition) is 0. The first-order chi connectivity index (χ1) is 16.8. The third-order valence-electron chi connectivity index (χ3n) is 6.06. The highest BCUT2D eigenvalue weighted by Crippen LogP contribution is 2.31. The van der Waals surface area contributed by atoms with Gasteiger partial charge in [-0.1, -0.05) is 24.8 Å². The first-order valence-corrected chi connectivity index (χ1v) is 10.8. The van der Waals surface area contributed by atoms with Crippen LogP contribution in [0.4, 0.5) is 13.2 Å². The molecule has 0 aliphatic carbocycles. The van der Waals surface area contributed by atoms with Gasteiger partial charge in [0, 0.05) is 18.8 Å². The Labute approximate surface area is 197 Å². The summed E-state index contributed by atoms with van der Waals surface area (Å²) in [6, 6.07) is 13.0. The number of para-hydroxylation sites is 1. The molecule has 0 radical (unpaired) electrons. The number of alkyl halides is 3. The van der Waals surface area contributed by atoms with Gasteiger partial charge in [-0.25, -0.2) is 0 Å². The smallest absolute Gasteiger partial charge is 0.416 e. The van der Waals surface area contributed by atoms with Gasteiger partial charge in [-0.05, 0) is 54.3 Å². The van der Waals surface area contributed by atoms with Crippen LogP contribution in [0.3, 0.4) is 0 Å². The Hall–Kier alpha value is -4.21. The molecule has 5 rings (SSSR count). The molecule has 4 aromatic rings. The van der Waals surface area contributed by atoms with Crippen molar-refractivity contribution in [2.45, 2.75) is 18.5 Å². The van der Waals surface area contributed by atoms with Crippen molar-refractivity contribution >= 4 is 16.8 Å². The molecule has 1 amide bonds. The van der Waals surface area contributed by atoms with Gasteiger partial charge in [0.15, 0.2) is 0 Å². The van der Waals surface area contributed by atoms with E-state index in [1.165, 1.54) is 22.8 Å². The van der Waals surface area contributed by atoms with E-state index in [0.29, 0.717) is 36.3 Å². The van der Waals surface area contributed by atoms with Gasteiger partial charge < -0.3 is 9.32 Å². The fourth-order valence-corrected chi connectivity index (χ4v) is 4.27. The molecule has 1 atom stereocenters. The zero-order chi connectivity index (χ0) is 24.7. The molecule has 1 fully saturated rings. The molecule has 2 aromatic heterocycles. The first kappa shape index (κ1) is 22.6. The van der Waals surface area contributed by atoms with Crippen molar-refractivity contribution < 1.29 is 22.4 Å². The molecule has 10 heteroatoms. The van der Waals surface area contributed by atoms with Crippen LogP contribution in [0.2, 0.25) is 0 Å². The second-order valence-corrected chi connectivity index (χ2v) is 8.22. The van der Waals surface area contributed by atoms with Crippen LogP contribution >= 0.6 is 0 Å². The quantitative estimate of drug-likeness (QED) is 0.400. The standard InChI is InChI=1S/C25H19F3N4O3/c1-2-21(33)31-12-11-16(14-31)22-29-30-23(35-22)19-13-15-5-3-4-6-20(15)32(24(19)34)18-9-7-17(8-10-18)25(26,27)28/h2-10,13,16H,1,11-12,14H2. The second-order valence-electron chi connectivity index (χ2n) is 8.22. The van der Waals surface area contributed by atoms with Crippen molar-refractivity contribution in [1.29, 1.82) is 0 Å². The van der Waals surface area contributed by atoms with Crippen molar-refractivity contribution in [1.82, 2.24) is 19.7 Å². The summed E-state index contributed by atoms with van der Waals surface area (Å²) in [4.78, 5) is 27.0. The first-order valence-electron chi connectivity index (χ1n) is 10.8. The predicted octanol–water partition coefficient (Wildman–Crippen LogP) is 4.56. The summed E-state index contributed by atoms with van der Waals surface area (Å²) >= 11 is 0. The molecule has 7 nitrogen and oxygen atoms in total. The molecule has 3 heterocycles. The summed E-state index contributed by atoms with van der Waals surface area (Å²) in [5.41, 5.74) is -0.393. The van der Waals surface area contributed by atoms with Gasteiger partial charge in [0.05, 0.1) is 17.0 Å². The van der Waals surface area contributed by atoms with Crippen molar-refractivity contribution in [3.05, 3.63) is 89.1 Å². The van der Waals surface area contributed by atoms with Crippen molar-refractivity contribution in [3.8, 4) is 17.1 Å². The Kier molecular flexibility index (Phi) is 5.50. The normalized spacial score (nSPS) is 16.1. The monoisotopic (exact) mass is 480 g/mol. The molecule has 0 bridgehead atoms. The summed E-state index contributed by atoms with van der Waals surface area (Å²) < 4.78 is 46.3.